The van der Waals surface area contributed by atoms with Gasteiger partial charge in [0.1, 0.15) is 5.75 Å². The first-order valence-electron chi connectivity index (χ1n) is 5.91. The van der Waals surface area contributed by atoms with Crippen LogP contribution in [0.3, 0.4) is 0 Å². The average molecular weight is 291 g/mol. The van der Waals surface area contributed by atoms with Crippen LogP contribution in [0, 0.1) is 0 Å². The summed E-state index contributed by atoms with van der Waals surface area (Å²) in [5.41, 5.74) is 5.98. The summed E-state index contributed by atoms with van der Waals surface area (Å²) >= 11 is 0. The summed E-state index contributed by atoms with van der Waals surface area (Å²) < 4.78 is 9.82. The van der Waals surface area contributed by atoms with Crippen LogP contribution in [0.2, 0.25) is 0 Å². The largest absolute Gasteiger partial charge is 0.484 e. The maximum Gasteiger partial charge on any atom is 0.258 e. The van der Waals surface area contributed by atoms with Crippen LogP contribution in [0.4, 0.5) is 0 Å². The van der Waals surface area contributed by atoms with E-state index in [1.165, 1.54) is 6.39 Å². The van der Waals surface area contributed by atoms with Crippen LogP contribution in [0.1, 0.15) is 11.4 Å². The smallest absolute Gasteiger partial charge is 0.258 e. The van der Waals surface area contributed by atoms with Gasteiger partial charge in [0.2, 0.25) is 6.39 Å². The lowest BCUT2D eigenvalue weighted by Gasteiger charge is -2.07. The van der Waals surface area contributed by atoms with Crippen molar-refractivity contribution in [2.75, 3.05) is 6.61 Å². The van der Waals surface area contributed by atoms with Crippen molar-refractivity contribution in [2.24, 2.45) is 10.9 Å². The zero-order chi connectivity index (χ0) is 15.1. The summed E-state index contributed by atoms with van der Waals surface area (Å²) in [6, 6.07) is 6.45. The summed E-state index contributed by atoms with van der Waals surface area (Å²) in [7, 11) is 0. The SMILES string of the molecule is N/C(=N/O)c1ccc(OCC(=O)NCc2ncon2)cc1. The molecular weight excluding hydrogens is 278 g/mol. The Hall–Kier alpha value is -3.10. The third-order valence-corrected chi connectivity index (χ3v) is 2.48. The van der Waals surface area contributed by atoms with Gasteiger partial charge in [0.25, 0.3) is 5.91 Å². The quantitative estimate of drug-likeness (QED) is 0.291. The number of amidine groups is 1. The van der Waals surface area contributed by atoms with E-state index in [4.69, 9.17) is 15.7 Å². The number of benzene rings is 1. The zero-order valence-corrected chi connectivity index (χ0v) is 10.9. The molecule has 110 valence electrons. The van der Waals surface area contributed by atoms with Gasteiger partial charge in [-0.05, 0) is 24.3 Å². The van der Waals surface area contributed by atoms with Gasteiger partial charge < -0.3 is 25.5 Å². The molecule has 0 atom stereocenters. The molecule has 0 fully saturated rings. The molecule has 0 bridgehead atoms. The molecule has 1 aromatic heterocycles. The topological polar surface area (TPSA) is 136 Å². The molecule has 0 aliphatic heterocycles. The van der Waals surface area contributed by atoms with Gasteiger partial charge in [-0.1, -0.05) is 10.3 Å². The van der Waals surface area contributed by atoms with Crippen molar-refractivity contribution < 1.29 is 19.3 Å². The highest BCUT2D eigenvalue weighted by atomic mass is 16.5. The third-order valence-electron chi connectivity index (χ3n) is 2.48. The number of carbonyl (C=O) groups excluding carboxylic acids is 1. The lowest BCUT2D eigenvalue weighted by atomic mass is 10.2. The summed E-state index contributed by atoms with van der Waals surface area (Å²) in [5, 5.41) is 17.5. The monoisotopic (exact) mass is 291 g/mol. The number of hydrogen-bond acceptors (Lipinski definition) is 7. The zero-order valence-electron chi connectivity index (χ0n) is 10.9. The lowest BCUT2D eigenvalue weighted by molar-refractivity contribution is -0.123. The molecule has 0 aliphatic carbocycles. The van der Waals surface area contributed by atoms with Gasteiger partial charge in [-0.3, -0.25) is 4.79 Å². The first-order valence-corrected chi connectivity index (χ1v) is 5.91. The Kier molecular flexibility index (Phi) is 4.70. The fourth-order valence-corrected chi connectivity index (χ4v) is 1.43. The van der Waals surface area contributed by atoms with Gasteiger partial charge in [-0.2, -0.15) is 4.98 Å². The predicted molar refractivity (Wildman–Crippen MR) is 70.6 cm³/mol. The Bertz CT molecular complexity index is 609. The number of hydrogen-bond donors (Lipinski definition) is 3. The van der Waals surface area contributed by atoms with Gasteiger partial charge in [-0.15, -0.1) is 0 Å². The molecule has 4 N–H and O–H groups in total. The number of nitrogens with zero attached hydrogens (tertiary/aromatic N) is 3. The second-order valence-corrected chi connectivity index (χ2v) is 3.92. The number of amides is 1. The van der Waals surface area contributed by atoms with E-state index >= 15 is 0 Å². The highest BCUT2D eigenvalue weighted by molar-refractivity contribution is 5.97. The van der Waals surface area contributed by atoms with E-state index in [-0.39, 0.29) is 24.9 Å². The number of carbonyl (C=O) groups is 1. The van der Waals surface area contributed by atoms with Gasteiger partial charge in [0, 0.05) is 5.56 Å². The van der Waals surface area contributed by atoms with Crippen molar-refractivity contribution in [3.8, 4) is 5.75 Å². The number of ether oxygens (including phenoxy) is 1. The van der Waals surface area contributed by atoms with Gasteiger partial charge in [-0.25, -0.2) is 0 Å². The molecule has 0 radical (unpaired) electrons. The van der Waals surface area contributed by atoms with E-state index in [9.17, 15) is 4.79 Å². The lowest BCUT2D eigenvalue weighted by Crippen LogP contribution is -2.28. The number of nitrogens with one attached hydrogen (secondary N) is 1. The van der Waals surface area contributed by atoms with Crippen LogP contribution in [-0.2, 0) is 11.3 Å². The van der Waals surface area contributed by atoms with Crippen molar-refractivity contribution in [3.63, 3.8) is 0 Å². The van der Waals surface area contributed by atoms with Crippen LogP contribution in [0.5, 0.6) is 5.75 Å². The number of oxime groups is 1. The molecule has 0 saturated heterocycles. The molecule has 9 nitrogen and oxygen atoms in total. The maximum atomic E-state index is 11.5. The minimum Gasteiger partial charge on any atom is -0.484 e. The first-order chi connectivity index (χ1) is 10.2. The fraction of sp³-hybridized carbons (Fsp3) is 0.167. The Balaban J connectivity index is 1.78. The standard InChI is InChI=1S/C12H13N5O4/c13-12(16-19)8-1-3-9(4-2-8)20-6-11(18)14-5-10-15-7-21-17-10/h1-4,7,19H,5-6H2,(H2,13,16)(H,14,18). The normalized spacial score (nSPS) is 11.1. The fourth-order valence-electron chi connectivity index (χ4n) is 1.43. The van der Waals surface area contributed by atoms with Crippen LogP contribution >= 0.6 is 0 Å². The van der Waals surface area contributed by atoms with Crippen molar-refractivity contribution in [3.05, 3.63) is 42.0 Å². The highest BCUT2D eigenvalue weighted by Gasteiger charge is 2.05. The van der Waals surface area contributed by atoms with E-state index < -0.39 is 0 Å². The average Bonchev–Trinajstić information content (AvgIpc) is 3.04. The van der Waals surface area contributed by atoms with Crippen molar-refractivity contribution in [1.29, 1.82) is 0 Å². The Morgan fingerprint density at radius 1 is 1.43 bits per heavy atom. The second kappa shape index (κ2) is 6.89. The molecule has 1 aromatic carbocycles. The minimum atomic E-state index is -0.319. The Morgan fingerprint density at radius 2 is 2.19 bits per heavy atom. The minimum absolute atomic E-state index is 0.000551. The van der Waals surface area contributed by atoms with E-state index in [2.05, 4.69) is 25.1 Å². The van der Waals surface area contributed by atoms with E-state index in [1.807, 2.05) is 0 Å². The van der Waals surface area contributed by atoms with Crippen LogP contribution < -0.4 is 15.8 Å². The molecule has 0 unspecified atom stereocenters. The van der Waals surface area contributed by atoms with Gasteiger partial charge >= 0.3 is 0 Å². The summed E-state index contributed by atoms with van der Waals surface area (Å²) in [5.74, 6) is 0.547. The van der Waals surface area contributed by atoms with Crippen LogP contribution in [0.25, 0.3) is 0 Å². The molecule has 0 spiro atoms. The summed E-state index contributed by atoms with van der Waals surface area (Å²) in [6.07, 6.45) is 1.18. The van der Waals surface area contributed by atoms with Gasteiger partial charge in [0.05, 0.1) is 6.54 Å². The summed E-state index contributed by atoms with van der Waals surface area (Å²) in [6.45, 7) is 0.0158. The molecule has 2 rings (SSSR count). The van der Waals surface area contributed by atoms with Crippen molar-refractivity contribution >= 4 is 11.7 Å². The van der Waals surface area contributed by atoms with Crippen molar-refractivity contribution in [1.82, 2.24) is 15.5 Å². The molecule has 1 amide bonds. The van der Waals surface area contributed by atoms with E-state index in [0.717, 1.165) is 0 Å². The molecule has 0 saturated carbocycles. The molecule has 9 heteroatoms. The molecule has 2 aromatic rings. The maximum absolute atomic E-state index is 11.5. The second-order valence-electron chi connectivity index (χ2n) is 3.92. The number of aromatic nitrogens is 2. The molecule has 1 heterocycles. The Labute approximate surface area is 119 Å². The highest BCUT2D eigenvalue weighted by Crippen LogP contribution is 2.11. The summed E-state index contributed by atoms with van der Waals surface area (Å²) in [4.78, 5) is 15.3. The molecule has 21 heavy (non-hydrogen) atoms. The van der Waals surface area contributed by atoms with Crippen molar-refractivity contribution in [2.45, 2.75) is 6.54 Å². The van der Waals surface area contributed by atoms with Crippen LogP contribution in [-0.4, -0.2) is 33.7 Å². The van der Waals surface area contributed by atoms with E-state index in [0.29, 0.717) is 17.1 Å². The number of nitrogens with two attached hydrogens (primary N) is 1. The van der Waals surface area contributed by atoms with Gasteiger partial charge in [0.15, 0.2) is 18.3 Å². The Morgan fingerprint density at radius 3 is 2.81 bits per heavy atom. The van der Waals surface area contributed by atoms with E-state index in [1.54, 1.807) is 24.3 Å². The first kappa shape index (κ1) is 14.3. The molecule has 0 aliphatic rings. The molecular formula is C12H13N5O4. The number of rotatable bonds is 6. The van der Waals surface area contributed by atoms with Crippen LogP contribution in [0.15, 0.2) is 40.3 Å². The predicted octanol–water partition coefficient (Wildman–Crippen LogP) is -0.141. The third kappa shape index (κ3) is 4.20.